The minimum absolute atomic E-state index is 0.0306. The van der Waals surface area contributed by atoms with E-state index >= 15 is 0 Å². The van der Waals surface area contributed by atoms with Crippen LogP contribution >= 0.6 is 0 Å². The summed E-state index contributed by atoms with van der Waals surface area (Å²) in [7, 11) is 0. The highest BCUT2D eigenvalue weighted by atomic mass is 16.7. The lowest BCUT2D eigenvalue weighted by molar-refractivity contribution is -0.197. The van der Waals surface area contributed by atoms with Crippen LogP contribution in [0.2, 0.25) is 0 Å². The van der Waals surface area contributed by atoms with Crippen LogP contribution in [-0.2, 0) is 19.1 Å². The molecule has 0 aromatic carbocycles. The van der Waals surface area contributed by atoms with Crippen molar-refractivity contribution in [2.24, 2.45) is 34.0 Å². The van der Waals surface area contributed by atoms with Crippen LogP contribution in [0.15, 0.2) is 12.2 Å². The van der Waals surface area contributed by atoms with Gasteiger partial charge in [0.05, 0.1) is 11.5 Å². The van der Waals surface area contributed by atoms with Gasteiger partial charge in [-0.1, -0.05) is 19.9 Å². The average Bonchev–Trinajstić information content (AvgIpc) is 3.26. The first-order valence-electron chi connectivity index (χ1n) is 11.8. The van der Waals surface area contributed by atoms with Crippen LogP contribution in [0, 0.1) is 34.0 Å². The molecule has 1 aliphatic heterocycles. The number of carboxylic acid groups (broad SMARTS) is 1. The average molecular weight is 417 g/mol. The van der Waals surface area contributed by atoms with Gasteiger partial charge in [0.1, 0.15) is 6.10 Å². The van der Waals surface area contributed by atoms with Crippen LogP contribution in [0.3, 0.4) is 0 Å². The molecule has 4 aliphatic carbocycles. The Bertz CT molecular complexity index is 820. The van der Waals surface area contributed by atoms with E-state index in [9.17, 15) is 14.7 Å². The molecule has 1 spiro atoms. The standard InChI is InChI=1S/C25H36O5/c1-14-16-7-8-18-22(3)10-6-11-23(4,20(26)27)17(22)9-12-25(18,13-16)19(14)29-21(28)24(5)15(2)30-24/h15-19H,1,6-13H2,2-5H3,(H,26,27)/t15-,16+,17-,18-,19-,22+,23+,24+,25+/m0/s1. The molecule has 1 heterocycles. The number of carbonyl (C=O) groups is 2. The van der Waals surface area contributed by atoms with Gasteiger partial charge in [0.2, 0.25) is 0 Å². The van der Waals surface area contributed by atoms with Gasteiger partial charge < -0.3 is 14.6 Å². The van der Waals surface area contributed by atoms with Crippen molar-refractivity contribution < 1.29 is 24.2 Å². The molecule has 0 unspecified atom stereocenters. The molecule has 5 fully saturated rings. The Morgan fingerprint density at radius 3 is 2.43 bits per heavy atom. The lowest BCUT2D eigenvalue weighted by atomic mass is 9.40. The molecule has 4 saturated carbocycles. The molecule has 1 saturated heterocycles. The fourth-order valence-electron chi connectivity index (χ4n) is 8.55. The van der Waals surface area contributed by atoms with E-state index in [0.717, 1.165) is 56.9 Å². The second kappa shape index (κ2) is 6.11. The van der Waals surface area contributed by atoms with Crippen molar-refractivity contribution in [1.82, 2.24) is 0 Å². The quantitative estimate of drug-likeness (QED) is 0.409. The zero-order valence-corrected chi connectivity index (χ0v) is 18.8. The molecular formula is C25H36O5. The molecule has 0 radical (unpaired) electrons. The Labute approximate surface area is 179 Å². The summed E-state index contributed by atoms with van der Waals surface area (Å²) >= 11 is 0. The molecule has 5 rings (SSSR count). The third-order valence-electron chi connectivity index (χ3n) is 10.4. The molecule has 0 amide bonds. The van der Waals surface area contributed by atoms with E-state index in [2.05, 4.69) is 13.5 Å². The number of carboxylic acids is 1. The van der Waals surface area contributed by atoms with E-state index in [4.69, 9.17) is 9.47 Å². The number of aliphatic carboxylic acids is 1. The van der Waals surface area contributed by atoms with Crippen LogP contribution in [-0.4, -0.2) is 34.9 Å². The molecule has 9 atom stereocenters. The summed E-state index contributed by atoms with van der Waals surface area (Å²) in [6, 6.07) is 0. The fourth-order valence-corrected chi connectivity index (χ4v) is 8.55. The van der Waals surface area contributed by atoms with Crippen molar-refractivity contribution >= 4 is 11.9 Å². The third-order valence-corrected chi connectivity index (χ3v) is 10.4. The van der Waals surface area contributed by atoms with Gasteiger partial charge in [0, 0.05) is 5.41 Å². The lowest BCUT2D eigenvalue weighted by Crippen LogP contribution is -2.60. The molecule has 0 aromatic rings. The van der Waals surface area contributed by atoms with Gasteiger partial charge in [-0.15, -0.1) is 0 Å². The number of esters is 1. The number of hydrogen-bond acceptors (Lipinski definition) is 4. The largest absolute Gasteiger partial charge is 0.481 e. The van der Waals surface area contributed by atoms with Crippen LogP contribution in [0.4, 0.5) is 0 Å². The fraction of sp³-hybridized carbons (Fsp3) is 0.840. The molecule has 1 N–H and O–H groups in total. The molecule has 166 valence electrons. The number of hydrogen-bond donors (Lipinski definition) is 1. The summed E-state index contributed by atoms with van der Waals surface area (Å²) in [4.78, 5) is 25.3. The van der Waals surface area contributed by atoms with Gasteiger partial charge in [-0.25, -0.2) is 4.79 Å². The van der Waals surface area contributed by atoms with Crippen molar-refractivity contribution in [2.45, 2.75) is 96.9 Å². The summed E-state index contributed by atoms with van der Waals surface area (Å²) in [5, 5.41) is 10.1. The van der Waals surface area contributed by atoms with Gasteiger partial charge in [0.25, 0.3) is 0 Å². The van der Waals surface area contributed by atoms with E-state index in [0.29, 0.717) is 11.8 Å². The molecule has 5 aliphatic rings. The topological polar surface area (TPSA) is 76.1 Å². The Morgan fingerprint density at radius 1 is 1.10 bits per heavy atom. The second-order valence-electron chi connectivity index (χ2n) is 11.7. The number of epoxide rings is 1. The predicted molar refractivity (Wildman–Crippen MR) is 112 cm³/mol. The molecule has 5 nitrogen and oxygen atoms in total. The van der Waals surface area contributed by atoms with Crippen molar-refractivity contribution in [3.63, 3.8) is 0 Å². The Balaban J connectivity index is 1.51. The summed E-state index contributed by atoms with van der Waals surface area (Å²) in [6.07, 6.45) is 7.47. The molecular weight excluding hydrogens is 380 g/mol. The maximum atomic E-state index is 13.0. The monoisotopic (exact) mass is 416 g/mol. The highest BCUT2D eigenvalue weighted by molar-refractivity contribution is 5.83. The van der Waals surface area contributed by atoms with E-state index in [1.807, 2.05) is 20.8 Å². The first-order chi connectivity index (χ1) is 14.0. The Morgan fingerprint density at radius 2 is 1.80 bits per heavy atom. The van der Waals surface area contributed by atoms with Crippen LogP contribution in [0.25, 0.3) is 0 Å². The second-order valence-corrected chi connectivity index (χ2v) is 11.7. The predicted octanol–water partition coefficient (Wildman–Crippen LogP) is 4.74. The van der Waals surface area contributed by atoms with Crippen molar-refractivity contribution in [2.75, 3.05) is 0 Å². The van der Waals surface area contributed by atoms with Crippen molar-refractivity contribution in [1.29, 1.82) is 0 Å². The van der Waals surface area contributed by atoms with Crippen LogP contribution in [0.5, 0.6) is 0 Å². The van der Waals surface area contributed by atoms with E-state index in [1.165, 1.54) is 0 Å². The molecule has 5 heteroatoms. The minimum atomic E-state index is -0.822. The molecule has 2 bridgehead atoms. The van der Waals surface area contributed by atoms with Gasteiger partial charge in [-0.2, -0.15) is 0 Å². The number of rotatable bonds is 3. The summed E-state index contributed by atoms with van der Waals surface area (Å²) in [6.45, 7) is 12.4. The summed E-state index contributed by atoms with van der Waals surface area (Å²) in [5.41, 5.74) is -0.514. The smallest absolute Gasteiger partial charge is 0.341 e. The van der Waals surface area contributed by atoms with E-state index in [1.54, 1.807) is 0 Å². The van der Waals surface area contributed by atoms with Gasteiger partial charge in [-0.05, 0) is 94.5 Å². The van der Waals surface area contributed by atoms with Crippen molar-refractivity contribution in [3.8, 4) is 0 Å². The van der Waals surface area contributed by atoms with Crippen molar-refractivity contribution in [3.05, 3.63) is 12.2 Å². The third kappa shape index (κ3) is 2.39. The number of carbonyl (C=O) groups excluding carboxylic acids is 1. The molecule has 30 heavy (non-hydrogen) atoms. The SMILES string of the molecule is C=C1[C@@H]2CC[C@H]3[C@]4(C)CCC[C@@](C)(C(=O)O)[C@H]4CC[C@]3(C2)[C@H]1OC(=O)[C@]1(C)O[C@H]1C. The van der Waals surface area contributed by atoms with Gasteiger partial charge in [-0.3, -0.25) is 4.79 Å². The Hall–Kier alpha value is -1.36. The van der Waals surface area contributed by atoms with E-state index in [-0.39, 0.29) is 34.9 Å². The Kier molecular flexibility index (Phi) is 4.19. The summed E-state index contributed by atoms with van der Waals surface area (Å²) in [5.74, 6) is 0.0705. The first kappa shape index (κ1) is 20.5. The highest BCUT2D eigenvalue weighted by Crippen LogP contribution is 2.72. The summed E-state index contributed by atoms with van der Waals surface area (Å²) < 4.78 is 11.8. The number of fused-ring (bicyclic) bond motifs is 3. The number of ether oxygens (including phenoxy) is 2. The molecule has 0 aromatic heterocycles. The zero-order chi connectivity index (χ0) is 21.7. The maximum Gasteiger partial charge on any atom is 0.341 e. The lowest BCUT2D eigenvalue weighted by Gasteiger charge is -2.63. The minimum Gasteiger partial charge on any atom is -0.481 e. The van der Waals surface area contributed by atoms with E-state index < -0.39 is 17.0 Å². The van der Waals surface area contributed by atoms with Gasteiger partial charge >= 0.3 is 11.9 Å². The van der Waals surface area contributed by atoms with Gasteiger partial charge in [0.15, 0.2) is 5.60 Å². The highest BCUT2D eigenvalue weighted by Gasteiger charge is 2.69. The first-order valence-corrected chi connectivity index (χ1v) is 11.8. The maximum absolute atomic E-state index is 13.0. The zero-order valence-electron chi connectivity index (χ0n) is 18.8. The normalized spacial score (nSPS) is 54.1. The van der Waals surface area contributed by atoms with Crippen LogP contribution in [0.1, 0.15) is 79.1 Å². The van der Waals surface area contributed by atoms with Crippen LogP contribution < -0.4 is 0 Å².